The molecule has 0 saturated heterocycles. The highest BCUT2D eigenvalue weighted by Gasteiger charge is 2.38. The number of aryl methyl sites for hydroxylation is 2. The summed E-state index contributed by atoms with van der Waals surface area (Å²) >= 11 is 0. The zero-order valence-corrected chi connectivity index (χ0v) is 21.5. The van der Waals surface area contributed by atoms with Crippen LogP contribution in [0.5, 0.6) is 0 Å². The van der Waals surface area contributed by atoms with E-state index in [1.54, 1.807) is 16.1 Å². The van der Waals surface area contributed by atoms with E-state index in [2.05, 4.69) is 16.8 Å². The Kier molecular flexibility index (Phi) is 6.86. The van der Waals surface area contributed by atoms with Crippen LogP contribution in [-0.4, -0.2) is 34.5 Å². The molecular formula is C30H32N4O3. The molecule has 1 atom stereocenters. The van der Waals surface area contributed by atoms with Gasteiger partial charge in [-0.2, -0.15) is 0 Å². The van der Waals surface area contributed by atoms with Gasteiger partial charge in [-0.25, -0.2) is 4.79 Å². The average Bonchev–Trinajstić information content (AvgIpc) is 3.60. The van der Waals surface area contributed by atoms with Crippen LogP contribution >= 0.6 is 0 Å². The predicted molar refractivity (Wildman–Crippen MR) is 145 cm³/mol. The van der Waals surface area contributed by atoms with Crippen LogP contribution in [0.4, 0.5) is 16.2 Å². The Hall–Kier alpha value is -4.26. The first-order valence-electron chi connectivity index (χ1n) is 12.7. The second kappa shape index (κ2) is 10.4. The van der Waals surface area contributed by atoms with Gasteiger partial charge in [-0.05, 0) is 67.8 Å². The molecule has 2 aromatic heterocycles. The van der Waals surface area contributed by atoms with Crippen molar-refractivity contribution in [2.45, 2.75) is 39.7 Å². The number of furan rings is 1. The van der Waals surface area contributed by atoms with Gasteiger partial charge in [0.2, 0.25) is 5.91 Å². The lowest BCUT2D eigenvalue weighted by atomic mass is 10.0. The number of nitrogens with zero attached hydrogens (tertiary/aromatic N) is 3. The van der Waals surface area contributed by atoms with Gasteiger partial charge in [0.25, 0.3) is 0 Å². The third kappa shape index (κ3) is 4.65. The smallest absolute Gasteiger partial charge is 0.322 e. The molecule has 7 nitrogen and oxygen atoms in total. The van der Waals surface area contributed by atoms with E-state index in [1.165, 1.54) is 0 Å². The van der Waals surface area contributed by atoms with Crippen molar-refractivity contribution in [3.05, 3.63) is 102 Å². The van der Waals surface area contributed by atoms with Gasteiger partial charge in [-0.3, -0.25) is 9.69 Å². The van der Waals surface area contributed by atoms with E-state index in [4.69, 9.17) is 4.42 Å². The Labute approximate surface area is 217 Å². The summed E-state index contributed by atoms with van der Waals surface area (Å²) in [7, 11) is 0. The maximum Gasteiger partial charge on any atom is 0.322 e. The summed E-state index contributed by atoms with van der Waals surface area (Å²) in [6.45, 7) is 6.44. The molecule has 5 rings (SSSR count). The van der Waals surface area contributed by atoms with Gasteiger partial charge in [0.05, 0.1) is 23.3 Å². The molecule has 7 heteroatoms. The number of nitrogens with one attached hydrogen (secondary N) is 1. The molecule has 1 unspecified atom stereocenters. The summed E-state index contributed by atoms with van der Waals surface area (Å²) in [6.07, 6.45) is 5.33. The lowest BCUT2D eigenvalue weighted by molar-refractivity contribution is -0.119. The number of unbranched alkanes of at least 4 members (excludes halogenated alkanes) is 1. The fourth-order valence-electron chi connectivity index (χ4n) is 5.02. The molecular weight excluding hydrogens is 464 g/mol. The van der Waals surface area contributed by atoms with E-state index in [9.17, 15) is 9.59 Å². The van der Waals surface area contributed by atoms with Crippen LogP contribution in [0.1, 0.15) is 48.4 Å². The van der Waals surface area contributed by atoms with E-state index in [0.29, 0.717) is 12.3 Å². The van der Waals surface area contributed by atoms with Crippen molar-refractivity contribution in [3.63, 3.8) is 0 Å². The molecule has 0 bridgehead atoms. The maximum absolute atomic E-state index is 14.1. The highest BCUT2D eigenvalue weighted by molar-refractivity contribution is 6.01. The van der Waals surface area contributed by atoms with E-state index >= 15 is 0 Å². The topological polar surface area (TPSA) is 70.7 Å². The second-order valence-corrected chi connectivity index (χ2v) is 9.45. The first-order chi connectivity index (χ1) is 18.0. The number of fused-ring (bicyclic) bond motifs is 3. The van der Waals surface area contributed by atoms with Gasteiger partial charge in [0.1, 0.15) is 18.3 Å². The summed E-state index contributed by atoms with van der Waals surface area (Å²) in [6, 6.07) is 20.7. The summed E-state index contributed by atoms with van der Waals surface area (Å²) < 4.78 is 7.91. The van der Waals surface area contributed by atoms with Crippen LogP contribution in [0, 0.1) is 13.8 Å². The van der Waals surface area contributed by atoms with Crippen LogP contribution in [-0.2, 0) is 4.79 Å². The zero-order valence-electron chi connectivity index (χ0n) is 21.5. The van der Waals surface area contributed by atoms with Gasteiger partial charge >= 0.3 is 6.03 Å². The molecule has 1 N–H and O–H groups in total. The number of para-hydroxylation sites is 3. The second-order valence-electron chi connectivity index (χ2n) is 9.45. The number of amides is 3. The Bertz CT molecular complexity index is 1390. The van der Waals surface area contributed by atoms with E-state index in [-0.39, 0.29) is 18.5 Å². The van der Waals surface area contributed by atoms with Crippen molar-refractivity contribution in [1.29, 1.82) is 0 Å². The molecule has 190 valence electrons. The molecule has 2 aromatic carbocycles. The normalized spacial score (nSPS) is 14.1. The molecule has 0 radical (unpaired) electrons. The number of carbonyl (C=O) groups is 2. The van der Waals surface area contributed by atoms with Crippen molar-refractivity contribution in [1.82, 2.24) is 9.47 Å². The number of aromatic nitrogens is 1. The van der Waals surface area contributed by atoms with Crippen LogP contribution in [0.25, 0.3) is 5.69 Å². The number of rotatable bonds is 7. The Morgan fingerprint density at radius 2 is 1.70 bits per heavy atom. The van der Waals surface area contributed by atoms with Crippen molar-refractivity contribution in [3.8, 4) is 5.69 Å². The fourth-order valence-corrected chi connectivity index (χ4v) is 5.02. The number of carbonyl (C=O) groups excluding carboxylic acids is 2. The number of anilines is 2. The Balaban J connectivity index is 1.49. The highest BCUT2D eigenvalue weighted by atomic mass is 16.3. The van der Waals surface area contributed by atoms with Gasteiger partial charge in [0, 0.05) is 18.4 Å². The third-order valence-electron chi connectivity index (χ3n) is 6.91. The number of urea groups is 1. The summed E-state index contributed by atoms with van der Waals surface area (Å²) in [4.78, 5) is 31.0. The standard InChI is InChI=1S/C30H32N4O3/c1-4-5-17-32(30(36)31-28-21(2)11-8-12-22(28)3)20-27(35)34-24-14-7-6-13-23(24)33-18-9-15-25(33)29(34)26-16-10-19-37-26/h6-16,18-19,29H,4-5,17,20H2,1-3H3,(H,31,36). The minimum Gasteiger partial charge on any atom is -0.467 e. The molecule has 0 spiro atoms. The molecule has 1 aliphatic heterocycles. The Morgan fingerprint density at radius 1 is 0.946 bits per heavy atom. The third-order valence-corrected chi connectivity index (χ3v) is 6.91. The monoisotopic (exact) mass is 496 g/mol. The molecule has 4 aromatic rings. The number of hydrogen-bond acceptors (Lipinski definition) is 3. The first kappa shape index (κ1) is 24.4. The number of benzene rings is 2. The molecule has 0 saturated carbocycles. The summed E-state index contributed by atoms with van der Waals surface area (Å²) in [5.41, 5.74) is 5.39. The first-order valence-corrected chi connectivity index (χ1v) is 12.7. The van der Waals surface area contributed by atoms with Crippen LogP contribution in [0.15, 0.2) is 83.6 Å². The van der Waals surface area contributed by atoms with E-state index in [0.717, 1.165) is 46.7 Å². The van der Waals surface area contributed by atoms with Gasteiger partial charge in [0.15, 0.2) is 0 Å². The average molecular weight is 497 g/mol. The lowest BCUT2D eigenvalue weighted by Gasteiger charge is -2.38. The predicted octanol–water partition coefficient (Wildman–Crippen LogP) is 6.46. The highest BCUT2D eigenvalue weighted by Crippen LogP contribution is 2.42. The van der Waals surface area contributed by atoms with Gasteiger partial charge < -0.3 is 19.2 Å². The fraction of sp³-hybridized carbons (Fsp3) is 0.267. The minimum atomic E-state index is -0.443. The van der Waals surface area contributed by atoms with Crippen molar-refractivity contribution >= 4 is 23.3 Å². The largest absolute Gasteiger partial charge is 0.467 e. The lowest BCUT2D eigenvalue weighted by Crippen LogP contribution is -2.48. The van der Waals surface area contributed by atoms with Crippen LogP contribution in [0.2, 0.25) is 0 Å². The van der Waals surface area contributed by atoms with Crippen molar-refractivity contribution < 1.29 is 14.0 Å². The van der Waals surface area contributed by atoms with Crippen molar-refractivity contribution in [2.75, 3.05) is 23.3 Å². The summed E-state index contributed by atoms with van der Waals surface area (Å²) in [5.74, 6) is 0.497. The summed E-state index contributed by atoms with van der Waals surface area (Å²) in [5, 5.41) is 3.06. The molecule has 3 amide bonds. The molecule has 37 heavy (non-hydrogen) atoms. The van der Waals surface area contributed by atoms with Crippen LogP contribution in [0.3, 0.4) is 0 Å². The zero-order chi connectivity index (χ0) is 25.9. The number of hydrogen-bond donors (Lipinski definition) is 1. The van der Waals surface area contributed by atoms with Gasteiger partial charge in [-0.15, -0.1) is 0 Å². The Morgan fingerprint density at radius 3 is 2.41 bits per heavy atom. The molecule has 3 heterocycles. The molecule has 1 aliphatic rings. The SMILES string of the molecule is CCCCN(CC(=O)N1c2ccccc2-n2cccc2C1c1ccco1)C(=O)Nc1c(C)cccc1C. The van der Waals surface area contributed by atoms with E-state index < -0.39 is 6.04 Å². The van der Waals surface area contributed by atoms with Gasteiger partial charge in [-0.1, -0.05) is 43.7 Å². The quantitative estimate of drug-likeness (QED) is 0.319. The molecule has 0 fully saturated rings. The van der Waals surface area contributed by atoms with Crippen LogP contribution < -0.4 is 10.2 Å². The maximum atomic E-state index is 14.1. The molecule has 0 aliphatic carbocycles. The van der Waals surface area contributed by atoms with Crippen molar-refractivity contribution in [2.24, 2.45) is 0 Å². The van der Waals surface area contributed by atoms with E-state index in [1.807, 2.05) is 86.8 Å². The minimum absolute atomic E-state index is 0.0526.